The number of aromatic hydroxyl groups is 1. The lowest BCUT2D eigenvalue weighted by Crippen LogP contribution is -2.34. The van der Waals surface area contributed by atoms with Crippen LogP contribution in [-0.4, -0.2) is 45.1 Å². The van der Waals surface area contributed by atoms with Crippen LogP contribution in [0.1, 0.15) is 63.1 Å². The fourth-order valence-corrected chi connectivity index (χ4v) is 5.73. The van der Waals surface area contributed by atoms with Crippen LogP contribution in [0, 0.1) is 17.8 Å². The molecule has 26 heavy (non-hydrogen) atoms. The third-order valence-corrected chi connectivity index (χ3v) is 6.88. The Balaban J connectivity index is 1.37. The van der Waals surface area contributed by atoms with Crippen LogP contribution in [0.4, 0.5) is 0 Å². The molecule has 0 bridgehead atoms. The van der Waals surface area contributed by atoms with Crippen molar-refractivity contribution in [2.75, 3.05) is 13.1 Å². The molecule has 4 atom stereocenters. The summed E-state index contributed by atoms with van der Waals surface area (Å²) < 4.78 is 0. The predicted octanol–water partition coefficient (Wildman–Crippen LogP) is 3.07. The SMILES string of the molecule is O=CC(c1ccc(O)cn1)N1C[C@@H]2C[C@](O)(CC3CCCCC3)C[C@@H]2C1. The molecule has 2 saturated carbocycles. The van der Waals surface area contributed by atoms with Gasteiger partial charge in [-0.3, -0.25) is 9.88 Å². The number of likely N-dealkylation sites (tertiary alicyclic amines) is 1. The molecule has 5 heteroatoms. The summed E-state index contributed by atoms with van der Waals surface area (Å²) in [6.45, 7) is 1.70. The molecule has 4 rings (SSSR count). The van der Waals surface area contributed by atoms with Crippen LogP contribution in [0.3, 0.4) is 0 Å². The van der Waals surface area contributed by atoms with Crippen molar-refractivity contribution in [1.29, 1.82) is 0 Å². The van der Waals surface area contributed by atoms with Gasteiger partial charge in [0.05, 0.1) is 17.5 Å². The van der Waals surface area contributed by atoms with Gasteiger partial charge in [-0.2, -0.15) is 0 Å². The van der Waals surface area contributed by atoms with Gasteiger partial charge in [0.25, 0.3) is 0 Å². The molecule has 1 aromatic rings. The number of aldehydes is 1. The van der Waals surface area contributed by atoms with E-state index in [-0.39, 0.29) is 11.8 Å². The maximum atomic E-state index is 11.7. The summed E-state index contributed by atoms with van der Waals surface area (Å²) in [6, 6.07) is 2.95. The van der Waals surface area contributed by atoms with Gasteiger partial charge in [0, 0.05) is 13.1 Å². The van der Waals surface area contributed by atoms with Crippen molar-refractivity contribution in [3.8, 4) is 5.75 Å². The van der Waals surface area contributed by atoms with Gasteiger partial charge in [-0.05, 0) is 49.1 Å². The number of fused-ring (bicyclic) bond motifs is 1. The number of nitrogens with zero attached hydrogens (tertiary/aromatic N) is 2. The highest BCUT2D eigenvalue weighted by molar-refractivity contribution is 5.60. The molecule has 2 N–H and O–H groups in total. The highest BCUT2D eigenvalue weighted by Gasteiger charge is 2.49. The lowest BCUT2D eigenvalue weighted by atomic mass is 9.79. The van der Waals surface area contributed by atoms with Gasteiger partial charge in [-0.15, -0.1) is 0 Å². The van der Waals surface area contributed by atoms with Crippen LogP contribution in [0.2, 0.25) is 0 Å². The topological polar surface area (TPSA) is 73.7 Å². The summed E-state index contributed by atoms with van der Waals surface area (Å²) in [5, 5.41) is 20.6. The summed E-state index contributed by atoms with van der Waals surface area (Å²) in [6.07, 6.45) is 11.6. The van der Waals surface area contributed by atoms with E-state index in [0.717, 1.165) is 38.6 Å². The maximum Gasteiger partial charge on any atom is 0.143 e. The smallest absolute Gasteiger partial charge is 0.143 e. The van der Waals surface area contributed by atoms with E-state index in [0.29, 0.717) is 23.4 Å². The zero-order valence-electron chi connectivity index (χ0n) is 15.4. The molecule has 0 spiro atoms. The van der Waals surface area contributed by atoms with E-state index in [4.69, 9.17) is 0 Å². The van der Waals surface area contributed by atoms with Crippen LogP contribution in [0.25, 0.3) is 0 Å². The molecule has 3 fully saturated rings. The normalized spacial score (nSPS) is 33.9. The minimum absolute atomic E-state index is 0.115. The summed E-state index contributed by atoms with van der Waals surface area (Å²) >= 11 is 0. The van der Waals surface area contributed by atoms with E-state index in [2.05, 4.69) is 9.88 Å². The molecule has 0 amide bonds. The Morgan fingerprint density at radius 2 is 1.88 bits per heavy atom. The zero-order valence-corrected chi connectivity index (χ0v) is 15.4. The average molecular weight is 358 g/mol. The molecule has 0 radical (unpaired) electrons. The Hall–Kier alpha value is -1.46. The third-order valence-electron chi connectivity index (χ3n) is 6.88. The first-order valence-electron chi connectivity index (χ1n) is 10.1. The Kier molecular flexibility index (Phi) is 5.02. The molecule has 2 heterocycles. The third kappa shape index (κ3) is 3.65. The standard InChI is InChI=1S/C21H30N2O3/c24-14-20(19-7-6-18(25)11-22-19)23-12-16-9-21(26,10-17(16)13-23)8-15-4-2-1-3-5-15/h6-7,11,14-17,20,25-26H,1-5,8-10,12-13H2/t16-,17+,20?,21+. The fraction of sp³-hybridized carbons (Fsp3) is 0.714. The number of aromatic nitrogens is 1. The second kappa shape index (κ2) is 7.28. The quantitative estimate of drug-likeness (QED) is 0.792. The van der Waals surface area contributed by atoms with Crippen molar-refractivity contribution in [2.45, 2.75) is 63.0 Å². The van der Waals surface area contributed by atoms with Gasteiger partial charge in [-0.25, -0.2) is 0 Å². The molecule has 0 aromatic carbocycles. The molecule has 142 valence electrons. The average Bonchev–Trinajstić information content (AvgIpc) is 3.12. The van der Waals surface area contributed by atoms with Crippen molar-refractivity contribution in [2.24, 2.45) is 17.8 Å². The van der Waals surface area contributed by atoms with E-state index < -0.39 is 5.60 Å². The number of aliphatic hydroxyl groups is 1. The lowest BCUT2D eigenvalue weighted by Gasteiger charge is -2.32. The van der Waals surface area contributed by atoms with E-state index in [1.165, 1.54) is 38.3 Å². The minimum Gasteiger partial charge on any atom is -0.506 e. The minimum atomic E-state index is -0.489. The molecule has 2 aliphatic carbocycles. The summed E-state index contributed by atoms with van der Waals surface area (Å²) in [7, 11) is 0. The van der Waals surface area contributed by atoms with Crippen molar-refractivity contribution in [1.82, 2.24) is 9.88 Å². The monoisotopic (exact) mass is 358 g/mol. The number of hydrogen-bond donors (Lipinski definition) is 2. The first-order chi connectivity index (χ1) is 12.6. The van der Waals surface area contributed by atoms with Gasteiger partial charge in [0.2, 0.25) is 0 Å². The van der Waals surface area contributed by atoms with Crippen molar-refractivity contribution < 1.29 is 15.0 Å². The highest BCUT2D eigenvalue weighted by Crippen LogP contribution is 2.49. The van der Waals surface area contributed by atoms with Gasteiger partial charge in [0.15, 0.2) is 0 Å². The van der Waals surface area contributed by atoms with Gasteiger partial charge >= 0.3 is 0 Å². The molecule has 1 unspecified atom stereocenters. The molecular weight excluding hydrogens is 328 g/mol. The predicted molar refractivity (Wildman–Crippen MR) is 98.6 cm³/mol. The Bertz CT molecular complexity index is 613. The zero-order chi connectivity index (χ0) is 18.1. The van der Waals surface area contributed by atoms with Gasteiger partial charge < -0.3 is 15.0 Å². The molecule has 1 saturated heterocycles. The van der Waals surface area contributed by atoms with Crippen LogP contribution < -0.4 is 0 Å². The number of carbonyl (C=O) groups is 1. The lowest BCUT2D eigenvalue weighted by molar-refractivity contribution is -0.112. The fourth-order valence-electron chi connectivity index (χ4n) is 5.73. The number of hydrogen-bond acceptors (Lipinski definition) is 5. The second-order valence-corrected chi connectivity index (χ2v) is 8.84. The van der Waals surface area contributed by atoms with E-state index in [1.54, 1.807) is 12.1 Å². The van der Waals surface area contributed by atoms with Crippen LogP contribution in [0.15, 0.2) is 18.3 Å². The molecular formula is C21H30N2O3. The summed E-state index contributed by atoms with van der Waals surface area (Å²) in [5.41, 5.74) is 0.201. The van der Waals surface area contributed by atoms with Crippen LogP contribution in [0.5, 0.6) is 5.75 Å². The van der Waals surface area contributed by atoms with Crippen molar-refractivity contribution in [3.05, 3.63) is 24.0 Å². The number of pyridine rings is 1. The van der Waals surface area contributed by atoms with Gasteiger partial charge in [-0.1, -0.05) is 32.1 Å². The number of carbonyl (C=O) groups excluding carboxylic acids is 1. The second-order valence-electron chi connectivity index (χ2n) is 8.84. The molecule has 5 nitrogen and oxygen atoms in total. The molecule has 3 aliphatic rings. The Labute approximate surface area is 155 Å². The summed E-state index contributed by atoms with van der Waals surface area (Å²) in [4.78, 5) is 18.1. The van der Waals surface area contributed by atoms with Crippen LogP contribution >= 0.6 is 0 Å². The van der Waals surface area contributed by atoms with E-state index in [9.17, 15) is 15.0 Å². The van der Waals surface area contributed by atoms with E-state index >= 15 is 0 Å². The summed E-state index contributed by atoms with van der Waals surface area (Å²) in [5.74, 6) is 1.77. The first-order valence-corrected chi connectivity index (χ1v) is 10.1. The molecule has 1 aromatic heterocycles. The molecule has 1 aliphatic heterocycles. The first kappa shape index (κ1) is 17.9. The van der Waals surface area contributed by atoms with Crippen LogP contribution in [-0.2, 0) is 4.79 Å². The van der Waals surface area contributed by atoms with Crippen molar-refractivity contribution >= 4 is 6.29 Å². The Morgan fingerprint density at radius 3 is 2.46 bits per heavy atom. The Morgan fingerprint density at radius 1 is 1.19 bits per heavy atom. The number of rotatable bonds is 5. The van der Waals surface area contributed by atoms with Gasteiger partial charge in [0.1, 0.15) is 18.1 Å². The van der Waals surface area contributed by atoms with Crippen molar-refractivity contribution in [3.63, 3.8) is 0 Å². The highest BCUT2D eigenvalue weighted by atomic mass is 16.3. The maximum absolute atomic E-state index is 11.7. The largest absolute Gasteiger partial charge is 0.506 e. The van der Waals surface area contributed by atoms with E-state index in [1.807, 2.05) is 0 Å².